The molecule has 8 heteroatoms. The van der Waals surface area contributed by atoms with Crippen molar-refractivity contribution in [3.8, 4) is 0 Å². The Labute approximate surface area is 161 Å². The van der Waals surface area contributed by atoms with E-state index in [2.05, 4.69) is 37.2 Å². The average molecular weight is 382 g/mol. The molecule has 0 bridgehead atoms. The van der Waals surface area contributed by atoms with Crippen LogP contribution in [0.2, 0.25) is 0 Å². The van der Waals surface area contributed by atoms with Gasteiger partial charge in [-0.15, -0.1) is 0 Å². The lowest BCUT2D eigenvalue weighted by Crippen LogP contribution is -2.47. The first-order valence-electron chi connectivity index (χ1n) is 8.99. The van der Waals surface area contributed by atoms with Crippen LogP contribution in [-0.2, 0) is 0 Å². The van der Waals surface area contributed by atoms with Crippen LogP contribution in [0.15, 0.2) is 54.9 Å². The van der Waals surface area contributed by atoms with Crippen LogP contribution in [0.3, 0.4) is 0 Å². The largest absolute Gasteiger partial charge is 0.393 e. The summed E-state index contributed by atoms with van der Waals surface area (Å²) in [5.74, 6) is -0.458. The van der Waals surface area contributed by atoms with Crippen LogP contribution in [0.1, 0.15) is 0 Å². The Kier molecular flexibility index (Phi) is 4.92. The summed E-state index contributed by atoms with van der Waals surface area (Å²) in [6, 6.07) is 13.5. The number of aromatic nitrogens is 2. The quantitative estimate of drug-likeness (QED) is 0.721. The third-order valence-electron chi connectivity index (χ3n) is 4.75. The minimum Gasteiger partial charge on any atom is -0.393 e. The summed E-state index contributed by atoms with van der Waals surface area (Å²) in [5, 5.41) is 2.83. The predicted octanol–water partition coefficient (Wildman–Crippen LogP) is 3.41. The van der Waals surface area contributed by atoms with E-state index in [0.717, 1.165) is 32.2 Å². The van der Waals surface area contributed by atoms with Crippen LogP contribution in [0, 0.1) is 11.6 Å². The normalized spacial score (nSPS) is 14.2. The number of nitrogens with two attached hydrogens (primary N) is 1. The molecule has 4 rings (SSSR count). The first kappa shape index (κ1) is 18.0. The van der Waals surface area contributed by atoms with Gasteiger partial charge in [-0.2, -0.15) is 0 Å². The van der Waals surface area contributed by atoms with E-state index in [4.69, 9.17) is 5.73 Å². The Morgan fingerprint density at radius 2 is 1.61 bits per heavy atom. The Morgan fingerprint density at radius 3 is 2.32 bits per heavy atom. The van der Waals surface area contributed by atoms with Crippen molar-refractivity contribution >= 4 is 28.7 Å². The fraction of sp³-hybridized carbons (Fsp3) is 0.200. The van der Waals surface area contributed by atoms with Gasteiger partial charge in [-0.25, -0.2) is 18.7 Å². The zero-order valence-electron chi connectivity index (χ0n) is 15.1. The van der Waals surface area contributed by atoms with Crippen molar-refractivity contribution in [3.63, 3.8) is 0 Å². The van der Waals surface area contributed by atoms with E-state index in [9.17, 15) is 8.78 Å². The van der Waals surface area contributed by atoms with Crippen molar-refractivity contribution < 1.29 is 8.78 Å². The number of nitrogens with one attached hydrogen (secondary N) is 1. The van der Waals surface area contributed by atoms with E-state index in [-0.39, 0.29) is 5.69 Å². The zero-order chi connectivity index (χ0) is 19.5. The second-order valence-corrected chi connectivity index (χ2v) is 6.52. The Morgan fingerprint density at radius 1 is 0.893 bits per heavy atom. The van der Waals surface area contributed by atoms with Crippen molar-refractivity contribution in [2.45, 2.75) is 0 Å². The first-order chi connectivity index (χ1) is 13.6. The van der Waals surface area contributed by atoms with Crippen molar-refractivity contribution in [2.75, 3.05) is 47.0 Å². The van der Waals surface area contributed by atoms with Gasteiger partial charge in [-0.1, -0.05) is 18.2 Å². The van der Waals surface area contributed by atoms with Gasteiger partial charge in [0.15, 0.2) is 11.6 Å². The fourth-order valence-corrected chi connectivity index (χ4v) is 3.27. The molecule has 1 aliphatic rings. The molecule has 0 saturated carbocycles. The zero-order valence-corrected chi connectivity index (χ0v) is 15.1. The maximum absolute atomic E-state index is 13.9. The number of benzene rings is 2. The van der Waals surface area contributed by atoms with Crippen LogP contribution in [-0.4, -0.2) is 36.1 Å². The number of nitrogen functional groups attached to an aromatic ring is 1. The smallest absolute Gasteiger partial charge is 0.159 e. The Bertz CT molecular complexity index is 958. The topological polar surface area (TPSA) is 70.3 Å². The molecule has 2 heterocycles. The average Bonchev–Trinajstić information content (AvgIpc) is 2.72. The van der Waals surface area contributed by atoms with E-state index in [1.807, 2.05) is 18.2 Å². The summed E-state index contributed by atoms with van der Waals surface area (Å²) >= 11 is 0. The molecule has 1 saturated heterocycles. The third-order valence-corrected chi connectivity index (χ3v) is 4.75. The minimum atomic E-state index is -0.712. The first-order valence-corrected chi connectivity index (χ1v) is 8.99. The Hall–Kier alpha value is -3.42. The van der Waals surface area contributed by atoms with Crippen LogP contribution in [0.25, 0.3) is 0 Å². The Balaban J connectivity index is 1.49. The summed E-state index contributed by atoms with van der Waals surface area (Å²) in [7, 11) is 0. The number of nitrogens with zero attached hydrogens (tertiary/aromatic N) is 4. The van der Waals surface area contributed by atoms with Gasteiger partial charge in [0.2, 0.25) is 0 Å². The second-order valence-electron chi connectivity index (χ2n) is 6.52. The van der Waals surface area contributed by atoms with E-state index in [1.165, 1.54) is 24.1 Å². The van der Waals surface area contributed by atoms with Gasteiger partial charge in [0, 0.05) is 37.9 Å². The molecule has 1 aromatic heterocycles. The molecule has 0 atom stereocenters. The lowest BCUT2D eigenvalue weighted by atomic mass is 10.2. The van der Waals surface area contributed by atoms with Crippen molar-refractivity contribution in [1.29, 1.82) is 0 Å². The maximum Gasteiger partial charge on any atom is 0.159 e. The molecule has 0 amide bonds. The van der Waals surface area contributed by atoms with Crippen molar-refractivity contribution in [3.05, 3.63) is 66.5 Å². The highest BCUT2D eigenvalue weighted by molar-refractivity contribution is 5.78. The van der Waals surface area contributed by atoms with Gasteiger partial charge in [0.05, 0.1) is 5.69 Å². The van der Waals surface area contributed by atoms with Crippen LogP contribution in [0.4, 0.5) is 37.5 Å². The van der Waals surface area contributed by atoms with Gasteiger partial charge < -0.3 is 20.9 Å². The molecule has 1 aliphatic heterocycles. The number of hydrogen-bond donors (Lipinski definition) is 2. The molecule has 0 radical (unpaired) electrons. The monoisotopic (exact) mass is 382 g/mol. The lowest BCUT2D eigenvalue weighted by molar-refractivity contribution is 0.586. The third kappa shape index (κ3) is 3.66. The summed E-state index contributed by atoms with van der Waals surface area (Å²) in [6.45, 7) is 3.17. The summed E-state index contributed by atoms with van der Waals surface area (Å²) < 4.78 is 27.0. The predicted molar refractivity (Wildman–Crippen MR) is 107 cm³/mol. The summed E-state index contributed by atoms with van der Waals surface area (Å²) in [5.41, 5.74) is 7.87. The summed E-state index contributed by atoms with van der Waals surface area (Å²) in [6.07, 6.45) is 1.39. The number of para-hydroxylation sites is 1. The molecule has 6 nitrogen and oxygen atoms in total. The molecule has 3 N–H and O–H groups in total. The lowest BCUT2D eigenvalue weighted by Gasteiger charge is -2.37. The van der Waals surface area contributed by atoms with Crippen molar-refractivity contribution in [1.82, 2.24) is 9.97 Å². The second kappa shape index (κ2) is 7.67. The molecule has 0 unspecified atom stereocenters. The fourth-order valence-electron chi connectivity index (χ4n) is 3.27. The van der Waals surface area contributed by atoms with Gasteiger partial charge in [-0.05, 0) is 24.3 Å². The van der Waals surface area contributed by atoms with E-state index >= 15 is 0 Å². The van der Waals surface area contributed by atoms with Crippen LogP contribution < -0.4 is 20.9 Å². The minimum absolute atomic E-state index is 0.103. The SMILES string of the molecule is Nc1c(Nc2ccc(F)cc2F)ncnc1N1CCN(c2ccccc2)CC1. The number of hydrogen-bond acceptors (Lipinski definition) is 6. The van der Waals surface area contributed by atoms with Gasteiger partial charge in [0.25, 0.3) is 0 Å². The van der Waals surface area contributed by atoms with E-state index in [0.29, 0.717) is 17.3 Å². The maximum atomic E-state index is 13.9. The standard InChI is InChI=1S/C20H20F2N6/c21-14-6-7-17(16(22)12-14)26-19-18(23)20(25-13-24-19)28-10-8-27(9-11-28)15-4-2-1-3-5-15/h1-7,12-13H,8-11,23H2,(H,24,25,26). The molecule has 2 aromatic carbocycles. The van der Waals surface area contributed by atoms with Gasteiger partial charge >= 0.3 is 0 Å². The van der Waals surface area contributed by atoms with E-state index < -0.39 is 11.6 Å². The summed E-state index contributed by atoms with van der Waals surface area (Å²) in [4.78, 5) is 12.8. The van der Waals surface area contributed by atoms with Gasteiger partial charge in [-0.3, -0.25) is 0 Å². The van der Waals surface area contributed by atoms with E-state index in [1.54, 1.807) is 0 Å². The van der Waals surface area contributed by atoms with Crippen LogP contribution in [0.5, 0.6) is 0 Å². The highest BCUT2D eigenvalue weighted by atomic mass is 19.1. The highest BCUT2D eigenvalue weighted by Crippen LogP contribution is 2.30. The molecule has 3 aromatic rings. The number of halogens is 2. The number of anilines is 5. The van der Waals surface area contributed by atoms with Crippen molar-refractivity contribution in [2.24, 2.45) is 0 Å². The molecular weight excluding hydrogens is 362 g/mol. The molecular formula is C20H20F2N6. The van der Waals surface area contributed by atoms with Crippen LogP contribution >= 0.6 is 0 Å². The highest BCUT2D eigenvalue weighted by Gasteiger charge is 2.21. The van der Waals surface area contributed by atoms with Gasteiger partial charge in [0.1, 0.15) is 23.6 Å². The molecule has 144 valence electrons. The number of rotatable bonds is 4. The molecule has 0 spiro atoms. The number of piperazine rings is 1. The molecule has 1 fully saturated rings. The molecule has 0 aliphatic carbocycles. The molecule has 28 heavy (non-hydrogen) atoms.